The fourth-order valence-electron chi connectivity index (χ4n) is 3.49. The molecule has 0 aliphatic carbocycles. The summed E-state index contributed by atoms with van der Waals surface area (Å²) in [5.74, 6) is 1.73. The van der Waals surface area contributed by atoms with Crippen LogP contribution in [0.3, 0.4) is 0 Å². The van der Waals surface area contributed by atoms with Gasteiger partial charge in [-0.2, -0.15) is 0 Å². The summed E-state index contributed by atoms with van der Waals surface area (Å²) in [5.41, 5.74) is 0. The Morgan fingerprint density at radius 3 is 3.04 bits per heavy atom. The largest absolute Gasteiger partial charge is 0.380 e. The highest BCUT2D eigenvalue weighted by Crippen LogP contribution is 2.38. The van der Waals surface area contributed by atoms with Crippen LogP contribution in [0.1, 0.15) is 30.5 Å². The summed E-state index contributed by atoms with van der Waals surface area (Å²) in [6.07, 6.45) is 4.22. The molecule has 1 saturated heterocycles. The van der Waals surface area contributed by atoms with Gasteiger partial charge in [0.1, 0.15) is 5.82 Å². The maximum absolute atomic E-state index is 14.4. The third-order valence-electron chi connectivity index (χ3n) is 4.59. The Kier molecular flexibility index (Phi) is 3.69. The van der Waals surface area contributed by atoms with Crippen molar-refractivity contribution in [2.24, 2.45) is 0 Å². The number of halogens is 2. The smallest absolute Gasteiger partial charge is 0.167 e. The van der Waals surface area contributed by atoms with E-state index < -0.39 is 5.82 Å². The lowest BCUT2D eigenvalue weighted by atomic mass is 10.2. The minimum atomic E-state index is -0.430. The fourth-order valence-corrected chi connectivity index (χ4v) is 3.63. The molecule has 0 bridgehead atoms. The Hall–Kier alpha value is -1.73. The summed E-state index contributed by atoms with van der Waals surface area (Å²) in [6.45, 7) is 1.48. The Morgan fingerprint density at radius 1 is 1.39 bits per heavy atom. The standard InChI is InChI=1S/C15H17ClFN5O/c1-23-10-6-12(15-20-19-13-3-2-4-21(13)15)22(8-10)14-11(17)5-9(16)7-18-14/h5,7,10,12H,2-4,6,8H2,1H3/t10-,12+/m1/s1. The maximum Gasteiger partial charge on any atom is 0.167 e. The molecule has 0 N–H and O–H groups in total. The van der Waals surface area contributed by atoms with Crippen LogP contribution in [0.4, 0.5) is 10.2 Å². The molecule has 0 amide bonds. The quantitative estimate of drug-likeness (QED) is 0.860. The van der Waals surface area contributed by atoms with Gasteiger partial charge in [-0.1, -0.05) is 11.6 Å². The number of anilines is 1. The highest BCUT2D eigenvalue weighted by atomic mass is 35.5. The zero-order valence-electron chi connectivity index (χ0n) is 12.7. The molecule has 0 aromatic carbocycles. The molecule has 1 fully saturated rings. The number of fused-ring (bicyclic) bond motifs is 1. The van der Waals surface area contributed by atoms with E-state index in [9.17, 15) is 4.39 Å². The third kappa shape index (κ3) is 2.48. The Balaban J connectivity index is 1.73. The molecule has 2 atom stereocenters. The van der Waals surface area contributed by atoms with Gasteiger partial charge in [-0.3, -0.25) is 0 Å². The van der Waals surface area contributed by atoms with E-state index in [1.165, 1.54) is 12.3 Å². The lowest BCUT2D eigenvalue weighted by Gasteiger charge is -2.25. The maximum atomic E-state index is 14.4. The molecule has 0 saturated carbocycles. The predicted molar refractivity (Wildman–Crippen MR) is 83.0 cm³/mol. The van der Waals surface area contributed by atoms with Crippen molar-refractivity contribution in [2.75, 3.05) is 18.6 Å². The molecule has 2 aromatic rings. The summed E-state index contributed by atoms with van der Waals surface area (Å²) in [5, 5.41) is 8.90. The van der Waals surface area contributed by atoms with E-state index in [2.05, 4.69) is 19.7 Å². The van der Waals surface area contributed by atoms with E-state index in [-0.39, 0.29) is 23.0 Å². The topological polar surface area (TPSA) is 56.1 Å². The van der Waals surface area contributed by atoms with Crippen molar-refractivity contribution >= 4 is 17.4 Å². The molecule has 2 aliphatic heterocycles. The summed E-state index contributed by atoms with van der Waals surface area (Å²) in [6, 6.07) is 1.19. The number of nitrogens with zero attached hydrogens (tertiary/aromatic N) is 5. The van der Waals surface area contributed by atoms with E-state index in [4.69, 9.17) is 16.3 Å². The van der Waals surface area contributed by atoms with E-state index in [0.717, 1.165) is 37.5 Å². The van der Waals surface area contributed by atoms with Crippen molar-refractivity contribution in [3.63, 3.8) is 0 Å². The van der Waals surface area contributed by atoms with Gasteiger partial charge in [0.15, 0.2) is 17.5 Å². The van der Waals surface area contributed by atoms with Crippen molar-refractivity contribution in [1.29, 1.82) is 0 Å². The minimum Gasteiger partial charge on any atom is -0.380 e. The molecule has 2 aromatic heterocycles. The lowest BCUT2D eigenvalue weighted by Crippen LogP contribution is -2.28. The molecule has 2 aliphatic rings. The molecule has 8 heteroatoms. The van der Waals surface area contributed by atoms with Gasteiger partial charge in [0, 0.05) is 39.2 Å². The first-order valence-corrected chi connectivity index (χ1v) is 8.07. The van der Waals surface area contributed by atoms with Gasteiger partial charge in [0.05, 0.1) is 17.2 Å². The molecule has 4 heterocycles. The second-order valence-electron chi connectivity index (χ2n) is 5.95. The van der Waals surface area contributed by atoms with Crippen LogP contribution in [-0.4, -0.2) is 39.5 Å². The summed E-state index contributed by atoms with van der Waals surface area (Å²) in [7, 11) is 1.67. The molecule has 4 rings (SSSR count). The van der Waals surface area contributed by atoms with Crippen LogP contribution in [0.25, 0.3) is 0 Å². The zero-order chi connectivity index (χ0) is 16.0. The number of aromatic nitrogens is 4. The van der Waals surface area contributed by atoms with Gasteiger partial charge < -0.3 is 14.2 Å². The van der Waals surface area contributed by atoms with Gasteiger partial charge in [-0.05, 0) is 12.5 Å². The molecule has 0 spiro atoms. The van der Waals surface area contributed by atoms with Crippen LogP contribution in [0.15, 0.2) is 12.3 Å². The molecule has 122 valence electrons. The van der Waals surface area contributed by atoms with Gasteiger partial charge in [0.25, 0.3) is 0 Å². The second-order valence-corrected chi connectivity index (χ2v) is 6.39. The van der Waals surface area contributed by atoms with Crippen molar-refractivity contribution in [3.8, 4) is 0 Å². The van der Waals surface area contributed by atoms with Crippen molar-refractivity contribution in [2.45, 2.75) is 38.0 Å². The Labute approximate surface area is 138 Å². The first kappa shape index (κ1) is 14.8. The highest BCUT2D eigenvalue weighted by molar-refractivity contribution is 6.30. The molecule has 23 heavy (non-hydrogen) atoms. The van der Waals surface area contributed by atoms with Gasteiger partial charge in [0.2, 0.25) is 0 Å². The normalized spacial score (nSPS) is 23.5. The van der Waals surface area contributed by atoms with E-state index in [1.54, 1.807) is 7.11 Å². The third-order valence-corrected chi connectivity index (χ3v) is 4.80. The van der Waals surface area contributed by atoms with Crippen LogP contribution < -0.4 is 4.90 Å². The predicted octanol–water partition coefficient (Wildman–Crippen LogP) is 2.38. The average Bonchev–Trinajstić information content (AvgIpc) is 3.21. The summed E-state index contributed by atoms with van der Waals surface area (Å²) < 4.78 is 22.0. The van der Waals surface area contributed by atoms with E-state index in [0.29, 0.717) is 6.54 Å². The average molecular weight is 338 g/mol. The Morgan fingerprint density at radius 2 is 2.26 bits per heavy atom. The molecular formula is C15H17ClFN5O. The summed E-state index contributed by atoms with van der Waals surface area (Å²) in [4.78, 5) is 6.10. The fraction of sp³-hybridized carbons (Fsp3) is 0.533. The number of pyridine rings is 1. The van der Waals surface area contributed by atoms with E-state index in [1.807, 2.05) is 4.90 Å². The SMILES string of the molecule is CO[C@@H]1C[C@@H](c2nnc3n2CCC3)N(c2ncc(Cl)cc2F)C1. The van der Waals surface area contributed by atoms with Crippen LogP contribution in [0, 0.1) is 5.82 Å². The van der Waals surface area contributed by atoms with Crippen LogP contribution in [0.5, 0.6) is 0 Å². The van der Waals surface area contributed by atoms with Crippen LogP contribution in [-0.2, 0) is 17.7 Å². The van der Waals surface area contributed by atoms with Gasteiger partial charge >= 0.3 is 0 Å². The Bertz CT molecular complexity index is 737. The minimum absolute atomic E-state index is 0.00577. The molecule has 0 radical (unpaired) electrons. The first-order chi connectivity index (χ1) is 11.2. The number of hydrogen-bond donors (Lipinski definition) is 0. The number of hydrogen-bond acceptors (Lipinski definition) is 5. The number of methoxy groups -OCH3 is 1. The van der Waals surface area contributed by atoms with Crippen molar-refractivity contribution in [1.82, 2.24) is 19.7 Å². The van der Waals surface area contributed by atoms with Crippen LogP contribution >= 0.6 is 11.6 Å². The first-order valence-electron chi connectivity index (χ1n) is 7.70. The monoisotopic (exact) mass is 337 g/mol. The van der Waals surface area contributed by atoms with E-state index >= 15 is 0 Å². The molecular weight excluding hydrogens is 321 g/mol. The van der Waals surface area contributed by atoms with Crippen molar-refractivity contribution in [3.05, 3.63) is 34.8 Å². The van der Waals surface area contributed by atoms with Crippen molar-refractivity contribution < 1.29 is 9.13 Å². The summed E-state index contributed by atoms with van der Waals surface area (Å²) >= 11 is 5.82. The number of aryl methyl sites for hydroxylation is 1. The number of ether oxygens (including phenoxy) is 1. The molecule has 6 nitrogen and oxygen atoms in total. The molecule has 0 unspecified atom stereocenters. The highest BCUT2D eigenvalue weighted by Gasteiger charge is 2.39. The zero-order valence-corrected chi connectivity index (χ0v) is 13.5. The van der Waals surface area contributed by atoms with Gasteiger partial charge in [-0.25, -0.2) is 9.37 Å². The van der Waals surface area contributed by atoms with Crippen LogP contribution in [0.2, 0.25) is 5.02 Å². The lowest BCUT2D eigenvalue weighted by molar-refractivity contribution is 0.118. The number of rotatable bonds is 3. The second kappa shape index (κ2) is 5.72. The van der Waals surface area contributed by atoms with Gasteiger partial charge in [-0.15, -0.1) is 10.2 Å².